The van der Waals surface area contributed by atoms with E-state index < -0.39 is 11.9 Å². The summed E-state index contributed by atoms with van der Waals surface area (Å²) in [6.07, 6.45) is 0.456. The van der Waals surface area contributed by atoms with E-state index in [2.05, 4.69) is 4.74 Å². The van der Waals surface area contributed by atoms with Crippen molar-refractivity contribution in [3.8, 4) is 0 Å². The van der Waals surface area contributed by atoms with Gasteiger partial charge in [-0.05, 0) is 13.8 Å². The predicted molar refractivity (Wildman–Crippen MR) is 41.5 cm³/mol. The molecular weight excluding hydrogens is 160 g/mol. The molecule has 0 aliphatic carbocycles. The Bertz CT molecular complexity index is 185. The van der Waals surface area contributed by atoms with Crippen LogP contribution >= 0.6 is 0 Å². The first-order valence-corrected chi connectivity index (χ1v) is 3.74. The number of esters is 1. The Morgan fingerprint density at radius 1 is 1.50 bits per heavy atom. The summed E-state index contributed by atoms with van der Waals surface area (Å²) in [4.78, 5) is 31.8. The molecule has 0 radical (unpaired) electrons. The number of aldehydes is 1. The first-order valence-electron chi connectivity index (χ1n) is 3.74. The van der Waals surface area contributed by atoms with E-state index in [1.165, 1.54) is 6.92 Å². The number of carbonyl (C=O) groups excluding carboxylic acids is 3. The van der Waals surface area contributed by atoms with Crippen LogP contribution in [0.2, 0.25) is 0 Å². The predicted octanol–water partition coefficient (Wildman–Crippen LogP) is 0.344. The molecule has 0 fully saturated rings. The first kappa shape index (κ1) is 10.8. The van der Waals surface area contributed by atoms with E-state index in [4.69, 9.17) is 0 Å². The van der Waals surface area contributed by atoms with Crippen molar-refractivity contribution in [3.63, 3.8) is 0 Å². The molecule has 1 atom stereocenters. The van der Waals surface area contributed by atoms with Gasteiger partial charge in [0.25, 0.3) is 0 Å². The van der Waals surface area contributed by atoms with Crippen LogP contribution in [0.4, 0.5) is 0 Å². The van der Waals surface area contributed by atoms with Crippen LogP contribution in [-0.2, 0) is 19.1 Å². The molecule has 0 aromatic rings. The minimum absolute atomic E-state index is 0.0891. The van der Waals surface area contributed by atoms with Gasteiger partial charge in [0.15, 0.2) is 0 Å². The molecule has 0 aromatic heterocycles. The molecule has 0 aromatic carbocycles. The minimum atomic E-state index is -0.914. The van der Waals surface area contributed by atoms with Gasteiger partial charge in [-0.25, -0.2) is 0 Å². The molecule has 68 valence electrons. The number of rotatable bonds is 5. The molecule has 0 aliphatic rings. The van der Waals surface area contributed by atoms with Gasteiger partial charge in [-0.15, -0.1) is 0 Å². The average Bonchev–Trinajstić information content (AvgIpc) is 1.99. The second kappa shape index (κ2) is 5.46. The van der Waals surface area contributed by atoms with Gasteiger partial charge < -0.3 is 9.53 Å². The normalized spacial score (nSPS) is 11.8. The summed E-state index contributed by atoms with van der Waals surface area (Å²) in [5.41, 5.74) is 0. The molecule has 0 aliphatic heterocycles. The molecule has 4 nitrogen and oxygen atoms in total. The number of hydrogen-bond donors (Lipinski definition) is 0. The van der Waals surface area contributed by atoms with Gasteiger partial charge in [-0.3, -0.25) is 9.59 Å². The van der Waals surface area contributed by atoms with Crippen molar-refractivity contribution in [2.45, 2.75) is 20.3 Å². The van der Waals surface area contributed by atoms with Crippen LogP contribution in [0.25, 0.3) is 0 Å². The fraction of sp³-hybridized carbons (Fsp3) is 0.625. The third kappa shape index (κ3) is 3.27. The smallest absolute Gasteiger partial charge is 0.316 e. The Morgan fingerprint density at radius 3 is 2.42 bits per heavy atom. The molecule has 0 amide bonds. The molecule has 0 heterocycles. The summed E-state index contributed by atoms with van der Waals surface area (Å²) >= 11 is 0. The maximum atomic E-state index is 11.0. The zero-order valence-corrected chi connectivity index (χ0v) is 7.20. The third-order valence-corrected chi connectivity index (χ3v) is 1.39. The molecule has 0 N–H and O–H groups in total. The zero-order chi connectivity index (χ0) is 9.56. The van der Waals surface area contributed by atoms with Gasteiger partial charge in [0, 0.05) is 6.42 Å². The van der Waals surface area contributed by atoms with Crippen molar-refractivity contribution in [3.05, 3.63) is 0 Å². The largest absolute Gasteiger partial charge is 0.465 e. The van der Waals surface area contributed by atoms with Gasteiger partial charge in [0.1, 0.15) is 18.0 Å². The highest BCUT2D eigenvalue weighted by Gasteiger charge is 2.23. The van der Waals surface area contributed by atoms with Crippen LogP contribution in [0.3, 0.4) is 0 Å². The Balaban J connectivity index is 4.18. The Labute approximate surface area is 70.9 Å². The highest BCUT2D eigenvalue weighted by molar-refractivity contribution is 5.99. The van der Waals surface area contributed by atoms with Crippen LogP contribution in [-0.4, -0.2) is 24.6 Å². The number of Topliss-reactive ketones (excluding diaryl/α,β-unsaturated/α-hetero) is 1. The lowest BCUT2D eigenvalue weighted by Crippen LogP contribution is -2.24. The second-order valence-corrected chi connectivity index (χ2v) is 2.32. The quantitative estimate of drug-likeness (QED) is 0.341. The van der Waals surface area contributed by atoms with Crippen molar-refractivity contribution in [1.29, 1.82) is 0 Å². The fourth-order valence-corrected chi connectivity index (χ4v) is 0.767. The maximum Gasteiger partial charge on any atom is 0.316 e. The Kier molecular flexibility index (Phi) is 4.92. The van der Waals surface area contributed by atoms with Crippen molar-refractivity contribution in [2.75, 3.05) is 6.61 Å². The highest BCUT2D eigenvalue weighted by atomic mass is 16.5. The van der Waals surface area contributed by atoms with Crippen LogP contribution in [0.15, 0.2) is 0 Å². The topological polar surface area (TPSA) is 60.4 Å². The van der Waals surface area contributed by atoms with Crippen molar-refractivity contribution < 1.29 is 19.1 Å². The minimum Gasteiger partial charge on any atom is -0.465 e. The highest BCUT2D eigenvalue weighted by Crippen LogP contribution is 2.05. The summed E-state index contributed by atoms with van der Waals surface area (Å²) in [7, 11) is 0. The standard InChI is InChI=1S/C8H12O4/c1-3-12-8(11)7(4-5-9)6(2)10/h5,7H,3-4H2,1-2H3. The number of ketones is 1. The van der Waals surface area contributed by atoms with Crippen molar-refractivity contribution in [2.24, 2.45) is 5.92 Å². The molecule has 1 unspecified atom stereocenters. The Hall–Kier alpha value is -1.19. The van der Waals surface area contributed by atoms with E-state index >= 15 is 0 Å². The molecule has 12 heavy (non-hydrogen) atoms. The lowest BCUT2D eigenvalue weighted by Gasteiger charge is -2.08. The van der Waals surface area contributed by atoms with Gasteiger partial charge in [0.05, 0.1) is 6.61 Å². The van der Waals surface area contributed by atoms with Crippen LogP contribution in [0, 0.1) is 5.92 Å². The second-order valence-electron chi connectivity index (χ2n) is 2.32. The van der Waals surface area contributed by atoms with E-state index in [0.29, 0.717) is 6.29 Å². The number of carbonyl (C=O) groups is 3. The summed E-state index contributed by atoms with van der Waals surface area (Å²) in [5.74, 6) is -1.86. The lowest BCUT2D eigenvalue weighted by molar-refractivity contribution is -0.152. The third-order valence-electron chi connectivity index (χ3n) is 1.39. The molecule has 0 bridgehead atoms. The van der Waals surface area contributed by atoms with Crippen LogP contribution < -0.4 is 0 Å². The molecular formula is C8H12O4. The van der Waals surface area contributed by atoms with E-state index in [1.54, 1.807) is 6.92 Å². The van der Waals surface area contributed by atoms with E-state index in [0.717, 1.165) is 0 Å². The lowest BCUT2D eigenvalue weighted by atomic mass is 10.0. The number of ether oxygens (including phenoxy) is 1. The van der Waals surface area contributed by atoms with Gasteiger partial charge >= 0.3 is 5.97 Å². The van der Waals surface area contributed by atoms with Crippen LogP contribution in [0.5, 0.6) is 0 Å². The van der Waals surface area contributed by atoms with Crippen LogP contribution in [0.1, 0.15) is 20.3 Å². The van der Waals surface area contributed by atoms with E-state index in [-0.39, 0.29) is 18.8 Å². The SMILES string of the molecule is CCOC(=O)C(CC=O)C(C)=O. The number of hydrogen-bond acceptors (Lipinski definition) is 4. The molecule has 4 heteroatoms. The van der Waals surface area contributed by atoms with Crippen molar-refractivity contribution >= 4 is 18.0 Å². The van der Waals surface area contributed by atoms with Crippen molar-refractivity contribution in [1.82, 2.24) is 0 Å². The zero-order valence-electron chi connectivity index (χ0n) is 7.20. The summed E-state index contributed by atoms with van der Waals surface area (Å²) in [5, 5.41) is 0. The first-order chi connectivity index (χ1) is 5.63. The maximum absolute atomic E-state index is 11.0. The monoisotopic (exact) mass is 172 g/mol. The van der Waals surface area contributed by atoms with Gasteiger partial charge in [-0.2, -0.15) is 0 Å². The van der Waals surface area contributed by atoms with E-state index in [9.17, 15) is 14.4 Å². The summed E-state index contributed by atoms with van der Waals surface area (Å²) in [6.45, 7) is 3.14. The van der Waals surface area contributed by atoms with E-state index in [1.807, 2.05) is 0 Å². The summed E-state index contributed by atoms with van der Waals surface area (Å²) < 4.78 is 4.60. The molecule has 0 saturated heterocycles. The average molecular weight is 172 g/mol. The summed E-state index contributed by atoms with van der Waals surface area (Å²) in [6, 6.07) is 0. The van der Waals surface area contributed by atoms with Gasteiger partial charge in [-0.1, -0.05) is 0 Å². The fourth-order valence-electron chi connectivity index (χ4n) is 0.767. The molecule has 0 rings (SSSR count). The molecule has 0 spiro atoms. The Morgan fingerprint density at radius 2 is 2.08 bits per heavy atom. The van der Waals surface area contributed by atoms with Gasteiger partial charge in [0.2, 0.25) is 0 Å². The molecule has 0 saturated carbocycles.